The van der Waals surface area contributed by atoms with Crippen molar-refractivity contribution in [3.05, 3.63) is 59.2 Å². The van der Waals surface area contributed by atoms with Crippen molar-refractivity contribution < 1.29 is 10.2 Å². The summed E-state index contributed by atoms with van der Waals surface area (Å²) in [5.74, 6) is 1.07. The molecule has 1 aliphatic carbocycles. The van der Waals surface area contributed by atoms with E-state index in [4.69, 9.17) is 0 Å². The van der Waals surface area contributed by atoms with Gasteiger partial charge in [0.25, 0.3) is 0 Å². The third kappa shape index (κ3) is 1.88. The molecule has 3 nitrogen and oxygen atoms in total. The van der Waals surface area contributed by atoms with Gasteiger partial charge in [-0.05, 0) is 78.7 Å². The van der Waals surface area contributed by atoms with Crippen LogP contribution in [0.5, 0.6) is 11.5 Å². The van der Waals surface area contributed by atoms with Crippen LogP contribution in [0.25, 0.3) is 0 Å². The zero-order valence-corrected chi connectivity index (χ0v) is 14.6. The van der Waals surface area contributed by atoms with Crippen LogP contribution in [0.3, 0.4) is 0 Å². The SMILES string of the molecule is C[C@@H]1[C@@]2(C)CCN(C)[C@]1(c1ccc(O)cc1)Cc1ccc(O)cc12. The fraction of sp³-hybridized carbons (Fsp3) is 0.429. The number of hydrogen-bond donors (Lipinski definition) is 2. The quantitative estimate of drug-likeness (QED) is 0.839. The predicted octanol–water partition coefficient (Wildman–Crippen LogP) is 3.78. The van der Waals surface area contributed by atoms with E-state index in [1.807, 2.05) is 6.07 Å². The second-order valence-corrected chi connectivity index (χ2v) is 7.80. The Morgan fingerprint density at radius 2 is 1.71 bits per heavy atom. The van der Waals surface area contributed by atoms with Crippen LogP contribution in [0.2, 0.25) is 0 Å². The summed E-state index contributed by atoms with van der Waals surface area (Å²) in [6.45, 7) is 5.71. The Morgan fingerprint density at radius 1 is 1.04 bits per heavy atom. The molecule has 24 heavy (non-hydrogen) atoms. The first-order chi connectivity index (χ1) is 11.4. The van der Waals surface area contributed by atoms with Crippen LogP contribution < -0.4 is 0 Å². The number of benzene rings is 2. The summed E-state index contributed by atoms with van der Waals surface area (Å²) in [4.78, 5) is 2.49. The van der Waals surface area contributed by atoms with Crippen LogP contribution in [0, 0.1) is 5.92 Å². The summed E-state index contributed by atoms with van der Waals surface area (Å²) in [6, 6.07) is 13.6. The number of likely N-dealkylation sites (tertiary alicyclic amines) is 1. The average molecular weight is 323 g/mol. The van der Waals surface area contributed by atoms with E-state index in [-0.39, 0.29) is 11.0 Å². The van der Waals surface area contributed by atoms with Crippen LogP contribution in [0.15, 0.2) is 42.5 Å². The third-order valence-electron chi connectivity index (χ3n) is 6.86. The Bertz CT molecular complexity index is 785. The largest absolute Gasteiger partial charge is 0.508 e. The van der Waals surface area contributed by atoms with Gasteiger partial charge in [0, 0.05) is 0 Å². The van der Waals surface area contributed by atoms with Gasteiger partial charge in [0.05, 0.1) is 5.54 Å². The molecular formula is C21H25NO2. The lowest BCUT2D eigenvalue weighted by atomic mass is 9.52. The van der Waals surface area contributed by atoms with Crippen LogP contribution in [0.1, 0.15) is 37.0 Å². The molecule has 2 aromatic carbocycles. The van der Waals surface area contributed by atoms with Gasteiger partial charge in [0.15, 0.2) is 0 Å². The predicted molar refractivity (Wildman–Crippen MR) is 95.4 cm³/mol. The molecule has 1 saturated heterocycles. The zero-order chi connectivity index (χ0) is 17.1. The van der Waals surface area contributed by atoms with Gasteiger partial charge >= 0.3 is 0 Å². The highest BCUT2D eigenvalue weighted by atomic mass is 16.3. The fourth-order valence-electron chi connectivity index (χ4n) is 5.19. The van der Waals surface area contributed by atoms with Gasteiger partial charge in [-0.3, -0.25) is 4.90 Å². The minimum absolute atomic E-state index is 0.0384. The first kappa shape index (κ1) is 15.5. The molecule has 3 atom stereocenters. The molecule has 1 fully saturated rings. The maximum atomic E-state index is 10.0. The van der Waals surface area contributed by atoms with Crippen molar-refractivity contribution in [3.63, 3.8) is 0 Å². The number of aromatic hydroxyl groups is 2. The van der Waals surface area contributed by atoms with Crippen molar-refractivity contribution >= 4 is 0 Å². The van der Waals surface area contributed by atoms with Crippen molar-refractivity contribution in [1.82, 2.24) is 4.90 Å². The monoisotopic (exact) mass is 323 g/mol. The molecule has 2 bridgehead atoms. The lowest BCUT2D eigenvalue weighted by molar-refractivity contribution is -0.0416. The van der Waals surface area contributed by atoms with Gasteiger partial charge in [0.2, 0.25) is 0 Å². The topological polar surface area (TPSA) is 43.7 Å². The summed E-state index contributed by atoms with van der Waals surface area (Å²) in [7, 11) is 2.22. The Balaban J connectivity index is 1.96. The molecule has 2 N–H and O–H groups in total. The molecule has 1 aliphatic heterocycles. The van der Waals surface area contributed by atoms with E-state index in [1.54, 1.807) is 18.2 Å². The number of phenols is 2. The fourth-order valence-corrected chi connectivity index (χ4v) is 5.19. The van der Waals surface area contributed by atoms with E-state index in [9.17, 15) is 10.2 Å². The number of piperidine rings is 1. The van der Waals surface area contributed by atoms with Crippen molar-refractivity contribution in [1.29, 1.82) is 0 Å². The minimum atomic E-state index is -0.0787. The molecule has 0 unspecified atom stereocenters. The van der Waals surface area contributed by atoms with Crippen LogP contribution in [-0.2, 0) is 17.4 Å². The second-order valence-electron chi connectivity index (χ2n) is 7.80. The highest BCUT2D eigenvalue weighted by molar-refractivity contribution is 5.48. The van der Waals surface area contributed by atoms with E-state index >= 15 is 0 Å². The maximum absolute atomic E-state index is 10.0. The van der Waals surface area contributed by atoms with Crippen LogP contribution >= 0.6 is 0 Å². The summed E-state index contributed by atoms with van der Waals surface area (Å²) < 4.78 is 0. The van der Waals surface area contributed by atoms with E-state index in [0.717, 1.165) is 19.4 Å². The first-order valence-corrected chi connectivity index (χ1v) is 8.71. The molecule has 0 aromatic heterocycles. The van der Waals surface area contributed by atoms with Crippen molar-refractivity contribution in [2.45, 2.75) is 37.6 Å². The number of hydrogen-bond acceptors (Lipinski definition) is 3. The lowest BCUT2D eigenvalue weighted by Crippen LogP contribution is -2.63. The normalized spacial score (nSPS) is 32.4. The van der Waals surface area contributed by atoms with E-state index in [1.165, 1.54) is 16.7 Å². The van der Waals surface area contributed by atoms with Gasteiger partial charge in [-0.25, -0.2) is 0 Å². The Labute approximate surface area is 143 Å². The second kappa shape index (κ2) is 5.00. The maximum Gasteiger partial charge on any atom is 0.115 e. The Morgan fingerprint density at radius 3 is 2.42 bits per heavy atom. The number of phenolic OH excluding ortho intramolecular Hbond substituents is 2. The molecule has 2 aromatic rings. The molecule has 0 amide bonds. The molecule has 4 rings (SSSR count). The van der Waals surface area contributed by atoms with Gasteiger partial charge in [-0.2, -0.15) is 0 Å². The highest BCUT2D eigenvalue weighted by Crippen LogP contribution is 2.57. The number of rotatable bonds is 1. The van der Waals surface area contributed by atoms with Gasteiger partial charge in [0.1, 0.15) is 11.5 Å². The average Bonchev–Trinajstić information content (AvgIpc) is 2.56. The standard InChI is InChI=1S/C21H25NO2/c1-14-20(2)10-11-22(3)21(14,16-5-8-17(23)9-6-16)13-15-4-7-18(24)12-19(15)20/h4-9,12,14,23-24H,10-11,13H2,1-3H3/t14-,20-,21-/m1/s1. The number of likely N-dealkylation sites (N-methyl/N-ethyl adjacent to an activating group) is 1. The number of nitrogens with zero attached hydrogens (tertiary/aromatic N) is 1. The van der Waals surface area contributed by atoms with E-state index in [0.29, 0.717) is 17.4 Å². The molecule has 0 spiro atoms. The number of fused-ring (bicyclic) bond motifs is 4. The molecular weight excluding hydrogens is 298 g/mol. The Kier molecular flexibility index (Phi) is 3.23. The lowest BCUT2D eigenvalue weighted by Gasteiger charge is -2.61. The molecule has 0 radical (unpaired) electrons. The van der Waals surface area contributed by atoms with Gasteiger partial charge in [-0.15, -0.1) is 0 Å². The van der Waals surface area contributed by atoms with E-state index in [2.05, 4.69) is 44.0 Å². The van der Waals surface area contributed by atoms with Crippen molar-refractivity contribution in [2.24, 2.45) is 5.92 Å². The van der Waals surface area contributed by atoms with E-state index < -0.39 is 0 Å². The van der Waals surface area contributed by atoms with Gasteiger partial charge < -0.3 is 10.2 Å². The summed E-state index contributed by atoms with van der Waals surface area (Å²) in [6.07, 6.45) is 2.02. The van der Waals surface area contributed by atoms with Crippen LogP contribution in [0.4, 0.5) is 0 Å². The molecule has 1 heterocycles. The summed E-state index contributed by atoms with van der Waals surface area (Å²) in [5.41, 5.74) is 3.85. The Hall–Kier alpha value is -2.00. The smallest absolute Gasteiger partial charge is 0.115 e. The zero-order valence-electron chi connectivity index (χ0n) is 14.6. The molecule has 0 saturated carbocycles. The molecule has 3 heteroatoms. The highest BCUT2D eigenvalue weighted by Gasteiger charge is 2.57. The van der Waals surface area contributed by atoms with Crippen molar-refractivity contribution in [3.8, 4) is 11.5 Å². The van der Waals surface area contributed by atoms with Crippen molar-refractivity contribution in [2.75, 3.05) is 13.6 Å². The molecule has 2 aliphatic rings. The minimum Gasteiger partial charge on any atom is -0.508 e. The summed E-state index contributed by atoms with van der Waals surface area (Å²) in [5, 5.41) is 19.7. The van der Waals surface area contributed by atoms with Crippen LogP contribution in [-0.4, -0.2) is 28.7 Å². The third-order valence-corrected chi connectivity index (χ3v) is 6.86. The molecule has 126 valence electrons. The van der Waals surface area contributed by atoms with Gasteiger partial charge in [-0.1, -0.05) is 32.0 Å². The summed E-state index contributed by atoms with van der Waals surface area (Å²) >= 11 is 0. The first-order valence-electron chi connectivity index (χ1n) is 8.71.